The zero-order valence-corrected chi connectivity index (χ0v) is 10.5. The van der Waals surface area contributed by atoms with Crippen molar-refractivity contribution < 1.29 is 4.52 Å². The van der Waals surface area contributed by atoms with E-state index in [1.54, 1.807) is 0 Å². The van der Waals surface area contributed by atoms with Crippen LogP contribution in [0.1, 0.15) is 41.8 Å². The molecule has 2 N–H and O–H groups in total. The molecule has 0 saturated carbocycles. The van der Waals surface area contributed by atoms with Crippen molar-refractivity contribution >= 4 is 0 Å². The van der Waals surface area contributed by atoms with Gasteiger partial charge < -0.3 is 14.8 Å². The van der Waals surface area contributed by atoms with Gasteiger partial charge in [-0.15, -0.1) is 0 Å². The Hall–Kier alpha value is -1.69. The summed E-state index contributed by atoms with van der Waals surface area (Å²) in [5.74, 6) is 2.18. The van der Waals surface area contributed by atoms with Crippen LogP contribution in [0.4, 0.5) is 0 Å². The van der Waals surface area contributed by atoms with Gasteiger partial charge in [-0.25, -0.2) is 4.98 Å². The molecule has 1 aliphatic rings. The number of imidazole rings is 1. The van der Waals surface area contributed by atoms with Crippen LogP contribution >= 0.6 is 0 Å². The Morgan fingerprint density at radius 3 is 2.89 bits per heavy atom. The van der Waals surface area contributed by atoms with Crippen LogP contribution in [0.25, 0.3) is 0 Å². The van der Waals surface area contributed by atoms with Crippen LogP contribution in [0, 0.1) is 6.92 Å². The van der Waals surface area contributed by atoms with Gasteiger partial charge >= 0.3 is 0 Å². The predicted molar refractivity (Wildman–Crippen MR) is 64.9 cm³/mol. The highest BCUT2D eigenvalue weighted by atomic mass is 16.5. The molecule has 0 fully saturated rings. The number of nitrogens with zero attached hydrogens (tertiary/aromatic N) is 4. The fourth-order valence-electron chi connectivity index (χ4n) is 2.52. The summed E-state index contributed by atoms with van der Waals surface area (Å²) in [6.45, 7) is 2.94. The predicted octanol–water partition coefficient (Wildman–Crippen LogP) is 0.960. The van der Waals surface area contributed by atoms with Crippen molar-refractivity contribution in [1.82, 2.24) is 19.7 Å². The molecule has 2 aromatic rings. The quantitative estimate of drug-likeness (QED) is 0.873. The van der Waals surface area contributed by atoms with E-state index in [2.05, 4.69) is 19.7 Å². The molecule has 0 aromatic carbocycles. The molecule has 1 aliphatic carbocycles. The van der Waals surface area contributed by atoms with E-state index in [1.165, 1.54) is 24.2 Å². The highest BCUT2D eigenvalue weighted by Crippen LogP contribution is 2.22. The summed E-state index contributed by atoms with van der Waals surface area (Å²) in [5, 5.41) is 3.94. The van der Waals surface area contributed by atoms with Crippen LogP contribution in [-0.2, 0) is 25.9 Å². The number of rotatable bonds is 3. The van der Waals surface area contributed by atoms with Crippen LogP contribution in [0.3, 0.4) is 0 Å². The molecular formula is C12H17N5O. The molecule has 0 radical (unpaired) electrons. The minimum atomic E-state index is 0.286. The van der Waals surface area contributed by atoms with E-state index in [0.717, 1.165) is 18.7 Å². The fourth-order valence-corrected chi connectivity index (χ4v) is 2.52. The van der Waals surface area contributed by atoms with E-state index in [1.807, 2.05) is 6.92 Å². The van der Waals surface area contributed by atoms with Crippen LogP contribution in [0.5, 0.6) is 0 Å². The van der Waals surface area contributed by atoms with E-state index < -0.39 is 0 Å². The summed E-state index contributed by atoms with van der Waals surface area (Å²) in [7, 11) is 0. The normalized spacial score (nSPS) is 14.8. The third-order valence-electron chi connectivity index (χ3n) is 3.41. The molecule has 3 rings (SSSR count). The lowest BCUT2D eigenvalue weighted by atomic mass is 10.0. The van der Waals surface area contributed by atoms with Gasteiger partial charge in [0.05, 0.1) is 18.8 Å². The van der Waals surface area contributed by atoms with Gasteiger partial charge in [-0.05, 0) is 32.6 Å². The lowest BCUT2D eigenvalue weighted by Gasteiger charge is -2.13. The SMILES string of the molecule is Cc1nc2c(n1Cc1noc(CN)n1)CCCC2. The Bertz CT molecular complexity index is 557. The summed E-state index contributed by atoms with van der Waals surface area (Å²) in [5.41, 5.74) is 8.03. The average Bonchev–Trinajstić information content (AvgIpc) is 2.96. The van der Waals surface area contributed by atoms with E-state index in [0.29, 0.717) is 18.3 Å². The standard InChI is InChI=1S/C12H17N5O/c1-8-14-9-4-2-3-5-10(9)17(8)7-11-15-12(6-13)18-16-11/h2-7,13H2,1H3. The largest absolute Gasteiger partial charge is 0.338 e. The van der Waals surface area contributed by atoms with Crippen molar-refractivity contribution in [3.05, 3.63) is 28.9 Å². The first-order chi connectivity index (χ1) is 8.78. The molecule has 96 valence electrons. The topological polar surface area (TPSA) is 82.8 Å². The number of hydrogen-bond donors (Lipinski definition) is 1. The highest BCUT2D eigenvalue weighted by molar-refractivity contribution is 5.20. The number of aromatic nitrogens is 4. The third kappa shape index (κ3) is 1.92. The molecule has 0 bridgehead atoms. The maximum absolute atomic E-state index is 5.46. The Balaban J connectivity index is 1.90. The second-order valence-electron chi connectivity index (χ2n) is 4.65. The molecule has 0 amide bonds. The van der Waals surface area contributed by atoms with Crippen molar-refractivity contribution in [2.75, 3.05) is 0 Å². The third-order valence-corrected chi connectivity index (χ3v) is 3.41. The Kier molecular flexibility index (Phi) is 2.87. The average molecular weight is 247 g/mol. The van der Waals surface area contributed by atoms with Crippen LogP contribution < -0.4 is 5.73 Å². The second kappa shape index (κ2) is 4.53. The van der Waals surface area contributed by atoms with Crippen molar-refractivity contribution in [1.29, 1.82) is 0 Å². The maximum atomic E-state index is 5.46. The lowest BCUT2D eigenvalue weighted by molar-refractivity contribution is 0.373. The highest BCUT2D eigenvalue weighted by Gasteiger charge is 2.19. The number of hydrogen-bond acceptors (Lipinski definition) is 5. The van der Waals surface area contributed by atoms with Crippen LogP contribution in [0.15, 0.2) is 4.52 Å². The molecule has 2 heterocycles. The molecule has 2 aromatic heterocycles. The first kappa shape index (κ1) is 11.4. The minimum Gasteiger partial charge on any atom is -0.338 e. The van der Waals surface area contributed by atoms with Crippen LogP contribution in [-0.4, -0.2) is 19.7 Å². The van der Waals surface area contributed by atoms with E-state index in [9.17, 15) is 0 Å². The summed E-state index contributed by atoms with van der Waals surface area (Å²) in [4.78, 5) is 8.87. The molecule has 0 aliphatic heterocycles. The monoisotopic (exact) mass is 247 g/mol. The van der Waals surface area contributed by atoms with Gasteiger partial charge in [0.1, 0.15) is 5.82 Å². The second-order valence-corrected chi connectivity index (χ2v) is 4.65. The Labute approximate surface area is 105 Å². The molecule has 0 unspecified atom stereocenters. The van der Waals surface area contributed by atoms with Gasteiger partial charge in [-0.1, -0.05) is 5.16 Å². The van der Waals surface area contributed by atoms with Gasteiger partial charge in [0, 0.05) is 5.69 Å². The molecule has 0 atom stereocenters. The zero-order chi connectivity index (χ0) is 12.5. The zero-order valence-electron chi connectivity index (χ0n) is 10.5. The number of aryl methyl sites for hydroxylation is 2. The summed E-state index contributed by atoms with van der Waals surface area (Å²) in [6, 6.07) is 0. The number of nitrogens with two attached hydrogens (primary N) is 1. The summed E-state index contributed by atoms with van der Waals surface area (Å²) in [6.07, 6.45) is 4.66. The summed E-state index contributed by atoms with van der Waals surface area (Å²) < 4.78 is 7.22. The number of fused-ring (bicyclic) bond motifs is 1. The first-order valence-corrected chi connectivity index (χ1v) is 6.34. The van der Waals surface area contributed by atoms with Gasteiger partial charge in [0.15, 0.2) is 5.82 Å². The van der Waals surface area contributed by atoms with E-state index in [-0.39, 0.29) is 6.54 Å². The first-order valence-electron chi connectivity index (χ1n) is 6.34. The lowest BCUT2D eigenvalue weighted by Crippen LogP contribution is -2.11. The molecule has 18 heavy (non-hydrogen) atoms. The minimum absolute atomic E-state index is 0.286. The van der Waals surface area contributed by atoms with Crippen molar-refractivity contribution in [3.63, 3.8) is 0 Å². The molecule has 0 spiro atoms. The van der Waals surface area contributed by atoms with Crippen molar-refractivity contribution in [2.45, 2.75) is 45.7 Å². The Morgan fingerprint density at radius 2 is 2.11 bits per heavy atom. The van der Waals surface area contributed by atoms with Crippen LogP contribution in [0.2, 0.25) is 0 Å². The molecule has 6 nitrogen and oxygen atoms in total. The Morgan fingerprint density at radius 1 is 1.28 bits per heavy atom. The van der Waals surface area contributed by atoms with Gasteiger partial charge in [-0.3, -0.25) is 0 Å². The van der Waals surface area contributed by atoms with E-state index in [4.69, 9.17) is 10.3 Å². The van der Waals surface area contributed by atoms with Crippen molar-refractivity contribution in [3.8, 4) is 0 Å². The molecular weight excluding hydrogens is 230 g/mol. The smallest absolute Gasteiger partial charge is 0.240 e. The molecule has 0 saturated heterocycles. The van der Waals surface area contributed by atoms with Crippen molar-refractivity contribution in [2.24, 2.45) is 5.73 Å². The fraction of sp³-hybridized carbons (Fsp3) is 0.583. The van der Waals surface area contributed by atoms with Gasteiger partial charge in [0.25, 0.3) is 0 Å². The van der Waals surface area contributed by atoms with Gasteiger partial charge in [-0.2, -0.15) is 4.98 Å². The van der Waals surface area contributed by atoms with Gasteiger partial charge in [0.2, 0.25) is 5.89 Å². The molecule has 6 heteroatoms. The summed E-state index contributed by atoms with van der Waals surface area (Å²) >= 11 is 0. The maximum Gasteiger partial charge on any atom is 0.240 e. The van der Waals surface area contributed by atoms with E-state index >= 15 is 0 Å².